The third kappa shape index (κ3) is 4.97. The molecule has 4 aromatic heterocycles. The smallest absolute Gasteiger partial charge is 0.190 e. The Bertz CT molecular complexity index is 2810. The van der Waals surface area contributed by atoms with E-state index in [1.54, 1.807) is 0 Å². The van der Waals surface area contributed by atoms with E-state index < -0.39 is 0 Å². The summed E-state index contributed by atoms with van der Waals surface area (Å²) in [6, 6.07) is 42.8. The number of hydrogen-bond donors (Lipinski definition) is 0. The summed E-state index contributed by atoms with van der Waals surface area (Å²) in [5.41, 5.74) is 5.92. The Morgan fingerprint density at radius 1 is 0.784 bits per heavy atom. The van der Waals surface area contributed by atoms with Gasteiger partial charge in [-0.2, -0.15) is 12.1 Å². The second kappa shape index (κ2) is 11.7. The zero-order valence-corrected chi connectivity index (χ0v) is 31.4. The minimum Gasteiger partial charge on any atom is -0.509 e. The van der Waals surface area contributed by atoms with Crippen molar-refractivity contribution in [3.63, 3.8) is 0 Å². The fourth-order valence-corrected chi connectivity index (χ4v) is 8.33. The van der Waals surface area contributed by atoms with Gasteiger partial charge in [-0.1, -0.05) is 62.7 Å². The van der Waals surface area contributed by atoms with Crippen LogP contribution in [0.2, 0.25) is 0 Å². The van der Waals surface area contributed by atoms with Gasteiger partial charge in [0.15, 0.2) is 5.88 Å². The van der Waals surface area contributed by atoms with Crippen LogP contribution in [-0.4, -0.2) is 16.6 Å². The number of nitrogens with zero attached hydrogens (tertiary/aromatic N) is 4. The van der Waals surface area contributed by atoms with Gasteiger partial charge in [0, 0.05) is 64.3 Å². The fourth-order valence-electron chi connectivity index (χ4n) is 7.22. The first-order valence-electron chi connectivity index (χ1n) is 16.7. The molecule has 6 nitrogen and oxygen atoms in total. The molecule has 5 aromatic carbocycles. The van der Waals surface area contributed by atoms with Crippen molar-refractivity contribution < 1.29 is 30.2 Å². The first kappa shape index (κ1) is 31.8. The molecule has 0 aliphatic carbocycles. The van der Waals surface area contributed by atoms with E-state index >= 15 is 0 Å². The fraction of sp³-hybridized carbons (Fsp3) is 0.116. The quantitative estimate of drug-likeness (QED) is 0.165. The van der Waals surface area contributed by atoms with Crippen molar-refractivity contribution in [2.24, 2.45) is 0 Å². The summed E-state index contributed by atoms with van der Waals surface area (Å²) < 4.78 is 17.5. The number of anilines is 3. The Balaban J connectivity index is 0.00000348. The number of benzene rings is 5. The number of furan rings is 1. The van der Waals surface area contributed by atoms with Crippen LogP contribution in [-0.2, 0) is 26.5 Å². The maximum absolute atomic E-state index is 6.56. The zero-order chi connectivity index (χ0) is 33.7. The monoisotopic (exact) mass is 862 g/mol. The van der Waals surface area contributed by atoms with E-state index in [0.717, 1.165) is 55.9 Å². The van der Waals surface area contributed by atoms with Crippen molar-refractivity contribution in [2.75, 3.05) is 16.8 Å². The third-order valence-electron chi connectivity index (χ3n) is 9.63. The van der Waals surface area contributed by atoms with Gasteiger partial charge in [-0.25, -0.2) is 4.98 Å². The summed E-state index contributed by atoms with van der Waals surface area (Å²) in [5.74, 6) is 2.86. The summed E-state index contributed by atoms with van der Waals surface area (Å²) >= 11 is 1.82. The Hall–Kier alpha value is -5.10. The molecule has 254 valence electrons. The molecule has 1 aliphatic rings. The van der Waals surface area contributed by atoms with Crippen molar-refractivity contribution in [1.29, 1.82) is 0 Å². The number of hydrogen-bond acceptors (Lipinski definition) is 6. The zero-order valence-electron chi connectivity index (χ0n) is 28.3. The molecule has 9 aromatic rings. The molecule has 0 saturated heterocycles. The van der Waals surface area contributed by atoms with E-state index in [0.29, 0.717) is 11.5 Å². The number of ether oxygens (including phenoxy) is 1. The number of fused-ring (bicyclic) bond motifs is 10. The molecule has 51 heavy (non-hydrogen) atoms. The standard InChI is InChI=1S/C43H31N4O2S.Pt/c1-43(2,3)26-20-21-44-38(22-26)47-34-24-29(16-17-30(34)31-18-19-37-39(40(31)47)33-13-6-8-15-36(33)50-37)48-28-11-9-10-27(23-28)46-25-45(4)42-41(46)32-12-5-7-14-35(32)49-42;/h5-22,25H,1-4H3;/q-3;. The van der Waals surface area contributed by atoms with Crippen molar-refractivity contribution in [2.45, 2.75) is 26.2 Å². The Morgan fingerprint density at radius 2 is 1.57 bits per heavy atom. The minimum absolute atomic E-state index is 0. The molecule has 0 bridgehead atoms. The van der Waals surface area contributed by atoms with Crippen LogP contribution in [0.1, 0.15) is 26.3 Å². The summed E-state index contributed by atoms with van der Waals surface area (Å²) in [7, 11) is 1.99. The van der Waals surface area contributed by atoms with Crippen molar-refractivity contribution in [3.8, 4) is 17.3 Å². The van der Waals surface area contributed by atoms with Crippen molar-refractivity contribution >= 4 is 81.5 Å². The van der Waals surface area contributed by atoms with Crippen LogP contribution in [0.3, 0.4) is 0 Å². The molecule has 0 spiro atoms. The van der Waals surface area contributed by atoms with Gasteiger partial charge in [0.2, 0.25) is 0 Å². The number of thiophene rings is 1. The molecule has 0 saturated carbocycles. The first-order chi connectivity index (χ1) is 24.3. The van der Waals surface area contributed by atoms with Gasteiger partial charge in [-0.3, -0.25) is 0 Å². The van der Waals surface area contributed by atoms with Crippen LogP contribution in [0.25, 0.3) is 58.8 Å². The molecule has 0 radical (unpaired) electrons. The van der Waals surface area contributed by atoms with E-state index in [1.807, 2.05) is 78.6 Å². The normalized spacial score (nSPS) is 13.2. The van der Waals surface area contributed by atoms with Crippen LogP contribution in [0.15, 0.2) is 114 Å². The van der Waals surface area contributed by atoms with Gasteiger partial charge in [0.25, 0.3) is 0 Å². The molecule has 8 heteroatoms. The maximum Gasteiger partial charge on any atom is 0.190 e. The molecular formula is C43H31N4O2PtS-3. The Labute approximate surface area is 313 Å². The summed E-state index contributed by atoms with van der Waals surface area (Å²) in [6.07, 6.45) is 1.92. The number of aromatic nitrogens is 2. The third-order valence-corrected chi connectivity index (χ3v) is 10.8. The van der Waals surface area contributed by atoms with Gasteiger partial charge in [-0.15, -0.1) is 59.4 Å². The van der Waals surface area contributed by atoms with Crippen molar-refractivity contribution in [1.82, 2.24) is 9.55 Å². The molecule has 5 heterocycles. The van der Waals surface area contributed by atoms with E-state index in [9.17, 15) is 0 Å². The Kier molecular flexibility index (Phi) is 7.32. The molecule has 1 aliphatic heterocycles. The van der Waals surface area contributed by atoms with Gasteiger partial charge in [-0.05, 0) is 59.8 Å². The van der Waals surface area contributed by atoms with Gasteiger partial charge in [0.1, 0.15) is 11.4 Å². The van der Waals surface area contributed by atoms with E-state index in [1.165, 1.54) is 25.7 Å². The summed E-state index contributed by atoms with van der Waals surface area (Å²) in [5, 5.41) is 5.78. The second-order valence-electron chi connectivity index (χ2n) is 13.9. The SMILES string of the molecule is CN1[CH-]N(c2[c-]c(Oc3[c-]c4c(cc3)c3ccc5sc6ccccc6c5c3n4-c3cc(C(C)(C)C)ccn3)ccc2)c2c1oc1ccccc21.[Pt]. The largest absolute Gasteiger partial charge is 0.509 e. The van der Waals surface area contributed by atoms with E-state index in [4.69, 9.17) is 14.1 Å². The predicted octanol–water partition coefficient (Wildman–Crippen LogP) is 11.7. The number of rotatable bonds is 4. The average Bonchev–Trinajstić information content (AvgIpc) is 3.86. The van der Waals surface area contributed by atoms with Crippen LogP contribution >= 0.6 is 11.3 Å². The minimum atomic E-state index is -0.0369. The maximum atomic E-state index is 6.56. The van der Waals surface area contributed by atoms with Gasteiger partial charge < -0.3 is 23.5 Å². The molecule has 10 rings (SSSR count). The molecule has 0 unspecified atom stereocenters. The molecule has 0 atom stereocenters. The van der Waals surface area contributed by atoms with Crippen LogP contribution in [0.5, 0.6) is 11.5 Å². The number of para-hydroxylation sites is 1. The van der Waals surface area contributed by atoms with E-state index in [2.05, 4.69) is 103 Å². The Morgan fingerprint density at radius 3 is 2.43 bits per heavy atom. The summed E-state index contributed by atoms with van der Waals surface area (Å²) in [6.45, 7) is 8.72. The van der Waals surface area contributed by atoms with Crippen molar-refractivity contribution in [3.05, 3.63) is 134 Å². The molecule has 0 amide bonds. The van der Waals surface area contributed by atoms with Gasteiger partial charge >= 0.3 is 0 Å². The van der Waals surface area contributed by atoms with Crippen LogP contribution in [0, 0.1) is 18.8 Å². The first-order valence-corrected chi connectivity index (χ1v) is 17.5. The average molecular weight is 863 g/mol. The molecule has 0 fully saturated rings. The number of pyridine rings is 1. The van der Waals surface area contributed by atoms with E-state index in [-0.39, 0.29) is 26.5 Å². The van der Waals surface area contributed by atoms with Gasteiger partial charge in [0.05, 0.1) is 11.2 Å². The van der Waals surface area contributed by atoms with Crippen LogP contribution in [0.4, 0.5) is 17.3 Å². The second-order valence-corrected chi connectivity index (χ2v) is 14.9. The topological polar surface area (TPSA) is 46.7 Å². The summed E-state index contributed by atoms with van der Waals surface area (Å²) in [4.78, 5) is 9.05. The molecular weight excluding hydrogens is 832 g/mol. The molecule has 0 N–H and O–H groups in total. The predicted molar refractivity (Wildman–Crippen MR) is 205 cm³/mol. The van der Waals surface area contributed by atoms with Crippen LogP contribution < -0.4 is 14.5 Å².